The maximum absolute atomic E-state index is 13.6. The molecule has 0 saturated carbocycles. The second-order valence-corrected chi connectivity index (χ2v) is 4.25. The number of benzene rings is 2. The third-order valence-corrected chi connectivity index (χ3v) is 2.91. The van der Waals surface area contributed by atoms with Crippen molar-refractivity contribution in [2.24, 2.45) is 5.73 Å². The van der Waals surface area contributed by atoms with Crippen LogP contribution in [0.1, 0.15) is 5.56 Å². The maximum Gasteiger partial charge on any atom is 0.125 e. The third kappa shape index (κ3) is 2.87. The van der Waals surface area contributed by atoms with Crippen LogP contribution in [0.5, 0.6) is 0 Å². The molecule has 18 heavy (non-hydrogen) atoms. The van der Waals surface area contributed by atoms with Crippen molar-refractivity contribution in [1.29, 1.82) is 0 Å². The van der Waals surface area contributed by atoms with Crippen LogP contribution >= 0.6 is 0 Å². The predicted molar refractivity (Wildman–Crippen MR) is 73.7 cm³/mol. The Morgan fingerprint density at radius 3 is 2.44 bits per heavy atom. The Morgan fingerprint density at radius 1 is 1.06 bits per heavy atom. The molecule has 0 atom stereocenters. The Hall–Kier alpha value is -1.87. The predicted octanol–water partition coefficient (Wildman–Crippen LogP) is 3.09. The number of para-hydroxylation sites is 1. The van der Waals surface area contributed by atoms with E-state index in [0.717, 1.165) is 16.9 Å². The zero-order valence-electron chi connectivity index (χ0n) is 10.4. The van der Waals surface area contributed by atoms with E-state index in [2.05, 4.69) is 0 Å². The fourth-order valence-corrected chi connectivity index (χ4v) is 1.94. The maximum atomic E-state index is 13.6. The molecule has 0 bridgehead atoms. The first-order valence-electron chi connectivity index (χ1n) is 5.99. The number of rotatable bonds is 4. The molecular weight excluding hydrogens is 227 g/mol. The number of halogens is 1. The molecule has 0 aromatic heterocycles. The number of anilines is 2. The van der Waals surface area contributed by atoms with Crippen molar-refractivity contribution in [2.75, 3.05) is 18.5 Å². The molecule has 3 heteroatoms. The van der Waals surface area contributed by atoms with Crippen molar-refractivity contribution in [1.82, 2.24) is 0 Å². The van der Waals surface area contributed by atoms with Crippen molar-refractivity contribution in [3.8, 4) is 0 Å². The first kappa shape index (κ1) is 12.6. The van der Waals surface area contributed by atoms with Gasteiger partial charge in [0.05, 0.1) is 0 Å². The van der Waals surface area contributed by atoms with Crippen LogP contribution in [0, 0.1) is 5.82 Å². The molecule has 2 nitrogen and oxygen atoms in total. The summed E-state index contributed by atoms with van der Waals surface area (Å²) in [6.07, 6.45) is 0.688. The van der Waals surface area contributed by atoms with Crippen molar-refractivity contribution in [3.05, 3.63) is 59.9 Å². The van der Waals surface area contributed by atoms with Gasteiger partial charge in [-0.2, -0.15) is 0 Å². The van der Waals surface area contributed by atoms with Gasteiger partial charge in [0.1, 0.15) is 5.82 Å². The lowest BCUT2D eigenvalue weighted by Crippen LogP contribution is -2.11. The van der Waals surface area contributed by atoms with E-state index in [4.69, 9.17) is 5.73 Å². The summed E-state index contributed by atoms with van der Waals surface area (Å²) in [6, 6.07) is 14.9. The van der Waals surface area contributed by atoms with E-state index >= 15 is 0 Å². The standard InChI is InChI=1S/C15H17FN2/c1-18(14-5-3-2-4-6-14)15-10-12(7-8-17)9-13(16)11-15/h2-6,9-11H,7-8,17H2,1H3. The molecular formula is C15H17FN2. The van der Waals surface area contributed by atoms with Gasteiger partial charge < -0.3 is 10.6 Å². The van der Waals surface area contributed by atoms with E-state index < -0.39 is 0 Å². The van der Waals surface area contributed by atoms with E-state index in [0.29, 0.717) is 13.0 Å². The van der Waals surface area contributed by atoms with Crippen LogP contribution in [0.4, 0.5) is 15.8 Å². The topological polar surface area (TPSA) is 29.3 Å². The fourth-order valence-electron chi connectivity index (χ4n) is 1.94. The summed E-state index contributed by atoms with van der Waals surface area (Å²) in [4.78, 5) is 1.96. The van der Waals surface area contributed by atoms with Gasteiger partial charge in [-0.1, -0.05) is 18.2 Å². The molecule has 0 fully saturated rings. The zero-order chi connectivity index (χ0) is 13.0. The second kappa shape index (κ2) is 5.65. The van der Waals surface area contributed by atoms with E-state index in [-0.39, 0.29) is 5.82 Å². The quantitative estimate of drug-likeness (QED) is 0.895. The van der Waals surface area contributed by atoms with E-state index in [1.54, 1.807) is 0 Å². The van der Waals surface area contributed by atoms with Crippen molar-refractivity contribution >= 4 is 11.4 Å². The molecule has 0 spiro atoms. The van der Waals surface area contributed by atoms with Gasteiger partial charge in [0, 0.05) is 18.4 Å². The molecule has 0 heterocycles. The highest BCUT2D eigenvalue weighted by Gasteiger charge is 2.06. The van der Waals surface area contributed by atoms with Gasteiger partial charge in [0.25, 0.3) is 0 Å². The molecule has 2 aromatic carbocycles. The summed E-state index contributed by atoms with van der Waals surface area (Å²) in [5.41, 5.74) is 8.31. The SMILES string of the molecule is CN(c1ccccc1)c1cc(F)cc(CCN)c1. The highest BCUT2D eigenvalue weighted by atomic mass is 19.1. The number of nitrogens with two attached hydrogens (primary N) is 1. The minimum atomic E-state index is -0.223. The monoisotopic (exact) mass is 244 g/mol. The highest BCUT2D eigenvalue weighted by Crippen LogP contribution is 2.25. The molecule has 2 aromatic rings. The van der Waals surface area contributed by atoms with Gasteiger partial charge in [-0.05, 0) is 48.9 Å². The lowest BCUT2D eigenvalue weighted by atomic mass is 10.1. The van der Waals surface area contributed by atoms with E-state index in [1.807, 2.05) is 48.3 Å². The molecule has 0 unspecified atom stereocenters. The molecule has 0 aliphatic rings. The lowest BCUT2D eigenvalue weighted by molar-refractivity contribution is 0.625. The average Bonchev–Trinajstić information content (AvgIpc) is 2.38. The minimum Gasteiger partial charge on any atom is -0.345 e. The smallest absolute Gasteiger partial charge is 0.125 e. The van der Waals surface area contributed by atoms with Crippen LogP contribution < -0.4 is 10.6 Å². The van der Waals surface area contributed by atoms with Gasteiger partial charge >= 0.3 is 0 Å². The van der Waals surface area contributed by atoms with E-state index in [9.17, 15) is 4.39 Å². The Morgan fingerprint density at radius 2 is 1.78 bits per heavy atom. The van der Waals surface area contributed by atoms with Crippen LogP contribution in [0.2, 0.25) is 0 Å². The van der Waals surface area contributed by atoms with Crippen molar-refractivity contribution < 1.29 is 4.39 Å². The summed E-state index contributed by atoms with van der Waals surface area (Å²) in [6.45, 7) is 0.526. The van der Waals surface area contributed by atoms with Gasteiger partial charge in [0.2, 0.25) is 0 Å². The molecule has 2 rings (SSSR count). The fraction of sp³-hybridized carbons (Fsp3) is 0.200. The van der Waals surface area contributed by atoms with Crippen molar-refractivity contribution in [3.63, 3.8) is 0 Å². The molecule has 94 valence electrons. The molecule has 0 saturated heterocycles. The Bertz CT molecular complexity index is 511. The summed E-state index contributed by atoms with van der Waals surface area (Å²) >= 11 is 0. The zero-order valence-corrected chi connectivity index (χ0v) is 10.4. The first-order valence-corrected chi connectivity index (χ1v) is 5.99. The van der Waals surface area contributed by atoms with Crippen LogP contribution in [0.3, 0.4) is 0 Å². The number of hydrogen-bond acceptors (Lipinski definition) is 2. The first-order chi connectivity index (χ1) is 8.70. The Kier molecular flexibility index (Phi) is 3.95. The summed E-state index contributed by atoms with van der Waals surface area (Å²) in [5.74, 6) is -0.223. The lowest BCUT2D eigenvalue weighted by Gasteiger charge is -2.20. The van der Waals surface area contributed by atoms with Gasteiger partial charge in [-0.25, -0.2) is 4.39 Å². The Labute approximate surface area is 107 Å². The third-order valence-electron chi connectivity index (χ3n) is 2.91. The minimum absolute atomic E-state index is 0.223. The van der Waals surface area contributed by atoms with Crippen LogP contribution in [0.25, 0.3) is 0 Å². The van der Waals surface area contributed by atoms with Crippen LogP contribution in [-0.2, 0) is 6.42 Å². The number of nitrogens with zero attached hydrogens (tertiary/aromatic N) is 1. The second-order valence-electron chi connectivity index (χ2n) is 4.25. The average molecular weight is 244 g/mol. The summed E-state index contributed by atoms with van der Waals surface area (Å²) < 4.78 is 13.6. The molecule has 0 radical (unpaired) electrons. The molecule has 0 amide bonds. The van der Waals surface area contributed by atoms with Gasteiger partial charge in [0.15, 0.2) is 0 Å². The molecule has 0 aliphatic heterocycles. The van der Waals surface area contributed by atoms with E-state index in [1.165, 1.54) is 12.1 Å². The van der Waals surface area contributed by atoms with Gasteiger partial charge in [-0.3, -0.25) is 0 Å². The Balaban J connectivity index is 2.33. The molecule has 2 N–H and O–H groups in total. The number of hydrogen-bond donors (Lipinski definition) is 1. The normalized spacial score (nSPS) is 10.4. The van der Waals surface area contributed by atoms with Gasteiger partial charge in [-0.15, -0.1) is 0 Å². The van der Waals surface area contributed by atoms with Crippen molar-refractivity contribution in [2.45, 2.75) is 6.42 Å². The van der Waals surface area contributed by atoms with Crippen LogP contribution in [-0.4, -0.2) is 13.6 Å². The summed E-state index contributed by atoms with van der Waals surface area (Å²) in [5, 5.41) is 0. The largest absolute Gasteiger partial charge is 0.345 e. The summed E-state index contributed by atoms with van der Waals surface area (Å²) in [7, 11) is 1.93. The molecule has 0 aliphatic carbocycles. The van der Waals surface area contributed by atoms with Crippen LogP contribution in [0.15, 0.2) is 48.5 Å². The highest BCUT2D eigenvalue weighted by molar-refractivity contribution is 5.63.